The lowest BCUT2D eigenvalue weighted by Crippen LogP contribution is -2.46. The molecule has 0 bridgehead atoms. The Bertz CT molecular complexity index is 431. The quantitative estimate of drug-likeness (QED) is 0.784. The number of carbonyl (C=O) groups is 1. The lowest BCUT2D eigenvalue weighted by atomic mass is 10.0. The minimum Gasteiger partial charge on any atom is -0.355 e. The molecule has 23 heavy (non-hydrogen) atoms. The number of hydrogen-bond acceptors (Lipinski definition) is 3. The van der Waals surface area contributed by atoms with Gasteiger partial charge in [-0.2, -0.15) is 0 Å². The summed E-state index contributed by atoms with van der Waals surface area (Å²) < 4.78 is 0. The molecule has 1 atom stereocenters. The number of carbonyl (C=O) groups excluding carboxylic acids is 1. The Morgan fingerprint density at radius 3 is 2.65 bits per heavy atom. The van der Waals surface area contributed by atoms with E-state index in [0.717, 1.165) is 26.1 Å². The SMILES string of the molecule is Cl.Cl.NCCCC(=O)NCC1CCCCN1Cc1ccccc1. The largest absolute Gasteiger partial charge is 0.355 e. The van der Waals surface area contributed by atoms with Crippen LogP contribution in [0.5, 0.6) is 0 Å². The van der Waals surface area contributed by atoms with Crippen LogP contribution in [-0.4, -0.2) is 36.5 Å². The molecule has 2 rings (SSSR count). The monoisotopic (exact) mass is 361 g/mol. The molecule has 1 aromatic carbocycles. The zero-order chi connectivity index (χ0) is 14.9. The van der Waals surface area contributed by atoms with Crippen molar-refractivity contribution in [3.8, 4) is 0 Å². The molecule has 1 heterocycles. The van der Waals surface area contributed by atoms with Gasteiger partial charge in [0.05, 0.1) is 0 Å². The Balaban J connectivity index is 0.00000242. The minimum absolute atomic E-state index is 0. The summed E-state index contributed by atoms with van der Waals surface area (Å²) in [6, 6.07) is 11.0. The van der Waals surface area contributed by atoms with Crippen molar-refractivity contribution in [1.82, 2.24) is 10.2 Å². The van der Waals surface area contributed by atoms with E-state index in [1.165, 1.54) is 24.8 Å². The van der Waals surface area contributed by atoms with Gasteiger partial charge in [-0.25, -0.2) is 0 Å². The summed E-state index contributed by atoms with van der Waals surface area (Å²) in [5.74, 6) is 0.130. The summed E-state index contributed by atoms with van der Waals surface area (Å²) in [5, 5.41) is 3.07. The maximum atomic E-state index is 11.7. The molecule has 0 aromatic heterocycles. The first-order valence-electron chi connectivity index (χ1n) is 8.04. The van der Waals surface area contributed by atoms with Crippen LogP contribution in [0.2, 0.25) is 0 Å². The number of rotatable bonds is 7. The number of benzene rings is 1. The molecular formula is C17H29Cl2N3O. The van der Waals surface area contributed by atoms with Gasteiger partial charge in [-0.15, -0.1) is 24.8 Å². The van der Waals surface area contributed by atoms with Gasteiger partial charge in [0, 0.05) is 25.6 Å². The lowest BCUT2D eigenvalue weighted by molar-refractivity contribution is -0.121. The van der Waals surface area contributed by atoms with E-state index >= 15 is 0 Å². The second-order valence-corrected chi connectivity index (χ2v) is 5.80. The molecule has 1 aliphatic rings. The van der Waals surface area contributed by atoms with Crippen molar-refractivity contribution in [3.63, 3.8) is 0 Å². The van der Waals surface area contributed by atoms with Gasteiger partial charge in [-0.1, -0.05) is 36.8 Å². The summed E-state index contributed by atoms with van der Waals surface area (Å²) in [4.78, 5) is 14.2. The summed E-state index contributed by atoms with van der Waals surface area (Å²) in [6.45, 7) is 3.44. The molecule has 1 amide bonds. The molecule has 132 valence electrons. The Morgan fingerprint density at radius 2 is 1.96 bits per heavy atom. The van der Waals surface area contributed by atoms with Crippen LogP contribution in [0.15, 0.2) is 30.3 Å². The van der Waals surface area contributed by atoms with Gasteiger partial charge in [0.2, 0.25) is 5.91 Å². The topological polar surface area (TPSA) is 58.4 Å². The number of nitrogens with zero attached hydrogens (tertiary/aromatic N) is 1. The molecule has 0 spiro atoms. The van der Waals surface area contributed by atoms with Crippen molar-refractivity contribution in [3.05, 3.63) is 35.9 Å². The highest BCUT2D eigenvalue weighted by atomic mass is 35.5. The predicted octanol–water partition coefficient (Wildman–Crippen LogP) is 2.74. The molecular weight excluding hydrogens is 333 g/mol. The average molecular weight is 362 g/mol. The molecule has 1 aromatic rings. The van der Waals surface area contributed by atoms with Crippen molar-refractivity contribution < 1.29 is 4.79 Å². The number of nitrogens with one attached hydrogen (secondary N) is 1. The molecule has 0 radical (unpaired) electrons. The molecule has 0 saturated carbocycles. The average Bonchev–Trinajstić information content (AvgIpc) is 2.53. The third-order valence-corrected chi connectivity index (χ3v) is 4.12. The maximum Gasteiger partial charge on any atom is 0.220 e. The van der Waals surface area contributed by atoms with Gasteiger partial charge in [-0.05, 0) is 37.9 Å². The Kier molecular flexibility index (Phi) is 12.1. The van der Waals surface area contributed by atoms with E-state index in [-0.39, 0.29) is 30.7 Å². The second-order valence-electron chi connectivity index (χ2n) is 5.80. The van der Waals surface area contributed by atoms with Gasteiger partial charge in [0.1, 0.15) is 0 Å². The highest BCUT2D eigenvalue weighted by Crippen LogP contribution is 2.19. The third kappa shape index (κ3) is 8.02. The molecule has 6 heteroatoms. The third-order valence-electron chi connectivity index (χ3n) is 4.12. The molecule has 1 fully saturated rings. The summed E-state index contributed by atoms with van der Waals surface area (Å²) in [6.07, 6.45) is 5.00. The molecule has 1 saturated heterocycles. The van der Waals surface area contributed by atoms with Crippen molar-refractivity contribution in [2.24, 2.45) is 5.73 Å². The van der Waals surface area contributed by atoms with Crippen molar-refractivity contribution in [2.75, 3.05) is 19.6 Å². The molecule has 3 N–H and O–H groups in total. The Morgan fingerprint density at radius 1 is 1.22 bits per heavy atom. The van der Waals surface area contributed by atoms with Crippen LogP contribution in [0.3, 0.4) is 0 Å². The maximum absolute atomic E-state index is 11.7. The number of piperidine rings is 1. The first-order chi connectivity index (χ1) is 10.3. The lowest BCUT2D eigenvalue weighted by Gasteiger charge is -2.36. The van der Waals surface area contributed by atoms with E-state index in [4.69, 9.17) is 5.73 Å². The van der Waals surface area contributed by atoms with Gasteiger partial charge in [0.15, 0.2) is 0 Å². The fourth-order valence-electron chi connectivity index (χ4n) is 2.90. The van der Waals surface area contributed by atoms with Crippen LogP contribution in [0.4, 0.5) is 0 Å². The zero-order valence-electron chi connectivity index (χ0n) is 13.6. The highest BCUT2D eigenvalue weighted by Gasteiger charge is 2.22. The first kappa shape index (κ1) is 22.2. The van der Waals surface area contributed by atoms with Crippen molar-refractivity contribution in [1.29, 1.82) is 0 Å². The van der Waals surface area contributed by atoms with Crippen LogP contribution in [0.25, 0.3) is 0 Å². The van der Waals surface area contributed by atoms with Gasteiger partial charge < -0.3 is 11.1 Å². The highest BCUT2D eigenvalue weighted by molar-refractivity contribution is 5.85. The predicted molar refractivity (Wildman–Crippen MR) is 100 cm³/mol. The van der Waals surface area contributed by atoms with E-state index in [0.29, 0.717) is 19.0 Å². The van der Waals surface area contributed by atoms with Crippen LogP contribution in [0.1, 0.15) is 37.7 Å². The molecule has 1 aliphatic heterocycles. The van der Waals surface area contributed by atoms with Crippen molar-refractivity contribution in [2.45, 2.75) is 44.7 Å². The number of amides is 1. The molecule has 1 unspecified atom stereocenters. The smallest absolute Gasteiger partial charge is 0.220 e. The first-order valence-corrected chi connectivity index (χ1v) is 8.04. The normalized spacial score (nSPS) is 17.7. The second kappa shape index (κ2) is 12.6. The van der Waals surface area contributed by atoms with Crippen LogP contribution in [0, 0.1) is 0 Å². The fraction of sp³-hybridized carbons (Fsp3) is 0.588. The van der Waals surface area contributed by atoms with Crippen LogP contribution in [-0.2, 0) is 11.3 Å². The standard InChI is InChI=1S/C17H27N3O.2ClH/c18-11-6-10-17(21)19-13-16-9-4-5-12-20(16)14-15-7-2-1-3-8-15;;/h1-3,7-8,16H,4-6,9-14,18H2,(H,19,21);2*1H. The fourth-order valence-corrected chi connectivity index (χ4v) is 2.90. The molecule has 0 aliphatic carbocycles. The Labute approximate surface area is 152 Å². The summed E-state index contributed by atoms with van der Waals surface area (Å²) in [5.41, 5.74) is 6.78. The van der Waals surface area contributed by atoms with E-state index in [2.05, 4.69) is 40.5 Å². The summed E-state index contributed by atoms with van der Waals surface area (Å²) >= 11 is 0. The Hall–Kier alpha value is -0.810. The zero-order valence-corrected chi connectivity index (χ0v) is 15.2. The van der Waals surface area contributed by atoms with Gasteiger partial charge in [0.25, 0.3) is 0 Å². The van der Waals surface area contributed by atoms with E-state index in [9.17, 15) is 4.79 Å². The number of halogens is 2. The number of likely N-dealkylation sites (tertiary alicyclic amines) is 1. The van der Waals surface area contributed by atoms with E-state index in [1.807, 2.05) is 0 Å². The van der Waals surface area contributed by atoms with Gasteiger partial charge >= 0.3 is 0 Å². The minimum atomic E-state index is 0. The van der Waals surface area contributed by atoms with Crippen molar-refractivity contribution >= 4 is 30.7 Å². The number of hydrogen-bond donors (Lipinski definition) is 2. The summed E-state index contributed by atoms with van der Waals surface area (Å²) in [7, 11) is 0. The number of nitrogens with two attached hydrogens (primary N) is 1. The van der Waals surface area contributed by atoms with Gasteiger partial charge in [-0.3, -0.25) is 9.69 Å². The van der Waals surface area contributed by atoms with Crippen LogP contribution >= 0.6 is 24.8 Å². The van der Waals surface area contributed by atoms with E-state index in [1.54, 1.807) is 0 Å². The van der Waals surface area contributed by atoms with E-state index < -0.39 is 0 Å². The van der Waals surface area contributed by atoms with Crippen LogP contribution < -0.4 is 11.1 Å². The molecule has 4 nitrogen and oxygen atoms in total.